The highest BCUT2D eigenvalue weighted by atomic mass is 14.7. The second-order valence-electron chi connectivity index (χ2n) is 4.01. The van der Waals surface area contributed by atoms with E-state index in [0.29, 0.717) is 0 Å². The lowest BCUT2D eigenvalue weighted by atomic mass is 9.91. The Labute approximate surface area is 83.2 Å². The number of nitrogens with zero attached hydrogens (tertiary/aromatic N) is 1. The maximum absolute atomic E-state index is 9.00. The number of nitriles is 1. The highest BCUT2D eigenvalue weighted by molar-refractivity contribution is 5.80. The van der Waals surface area contributed by atoms with Crippen molar-refractivity contribution >= 4 is 10.9 Å². The molecule has 14 heavy (non-hydrogen) atoms. The number of aromatic amines is 1. The first-order valence-electron chi connectivity index (χ1n) is 4.63. The number of benzene rings is 1. The van der Waals surface area contributed by atoms with Crippen LogP contribution in [-0.4, -0.2) is 4.98 Å². The van der Waals surface area contributed by atoms with E-state index in [0.717, 1.165) is 16.6 Å². The summed E-state index contributed by atoms with van der Waals surface area (Å²) in [6, 6.07) is 12.4. The van der Waals surface area contributed by atoms with Gasteiger partial charge in [0.05, 0.1) is 11.5 Å². The topological polar surface area (TPSA) is 39.6 Å². The number of H-pyrrole nitrogens is 1. The van der Waals surface area contributed by atoms with E-state index in [-0.39, 0.29) is 0 Å². The van der Waals surface area contributed by atoms with Gasteiger partial charge in [-0.2, -0.15) is 5.26 Å². The molecule has 0 aliphatic rings. The van der Waals surface area contributed by atoms with Gasteiger partial charge in [-0.15, -0.1) is 0 Å². The van der Waals surface area contributed by atoms with Gasteiger partial charge in [0, 0.05) is 11.2 Å². The fraction of sp³-hybridized carbons (Fsp3) is 0.250. The summed E-state index contributed by atoms with van der Waals surface area (Å²) in [5.74, 6) is 0. The number of rotatable bonds is 1. The Balaban J connectivity index is 2.62. The minimum Gasteiger partial charge on any atom is -0.357 e. The summed E-state index contributed by atoms with van der Waals surface area (Å²) in [5, 5.41) is 10.2. The van der Waals surface area contributed by atoms with Gasteiger partial charge in [0.15, 0.2) is 0 Å². The summed E-state index contributed by atoms with van der Waals surface area (Å²) in [6.45, 7) is 3.83. The third-order valence-corrected chi connectivity index (χ3v) is 2.48. The molecule has 0 atom stereocenters. The van der Waals surface area contributed by atoms with Crippen molar-refractivity contribution < 1.29 is 0 Å². The van der Waals surface area contributed by atoms with Crippen molar-refractivity contribution in [3.63, 3.8) is 0 Å². The van der Waals surface area contributed by atoms with Crippen LogP contribution in [0.4, 0.5) is 0 Å². The van der Waals surface area contributed by atoms with Gasteiger partial charge in [-0.25, -0.2) is 0 Å². The molecule has 0 aliphatic heterocycles. The van der Waals surface area contributed by atoms with E-state index < -0.39 is 5.41 Å². The minimum absolute atomic E-state index is 0.445. The van der Waals surface area contributed by atoms with Crippen molar-refractivity contribution in [3.8, 4) is 6.07 Å². The molecule has 0 saturated heterocycles. The minimum atomic E-state index is -0.445. The second-order valence-corrected chi connectivity index (χ2v) is 4.01. The van der Waals surface area contributed by atoms with Crippen LogP contribution in [0.2, 0.25) is 0 Å². The highest BCUT2D eigenvalue weighted by Crippen LogP contribution is 2.25. The molecule has 1 heterocycles. The summed E-state index contributed by atoms with van der Waals surface area (Å²) in [5.41, 5.74) is 1.62. The molecule has 2 rings (SSSR count). The maximum Gasteiger partial charge on any atom is 0.0915 e. The molecule has 0 aliphatic carbocycles. The van der Waals surface area contributed by atoms with Gasteiger partial charge in [-0.3, -0.25) is 0 Å². The molecule has 0 bridgehead atoms. The molecular formula is C12H12N2. The van der Waals surface area contributed by atoms with Crippen LogP contribution in [0.25, 0.3) is 10.9 Å². The molecule has 0 spiro atoms. The number of nitrogens with one attached hydrogen (secondary N) is 1. The van der Waals surface area contributed by atoms with Gasteiger partial charge >= 0.3 is 0 Å². The van der Waals surface area contributed by atoms with Gasteiger partial charge in [0.2, 0.25) is 0 Å². The summed E-state index contributed by atoms with van der Waals surface area (Å²) in [4.78, 5) is 3.26. The van der Waals surface area contributed by atoms with Gasteiger partial charge in [-0.1, -0.05) is 18.2 Å². The van der Waals surface area contributed by atoms with Crippen molar-refractivity contribution in [3.05, 3.63) is 36.0 Å². The molecule has 2 heteroatoms. The van der Waals surface area contributed by atoms with Gasteiger partial charge < -0.3 is 4.98 Å². The van der Waals surface area contributed by atoms with Crippen molar-refractivity contribution in [2.75, 3.05) is 0 Å². The molecule has 0 saturated carbocycles. The van der Waals surface area contributed by atoms with E-state index >= 15 is 0 Å². The Morgan fingerprint density at radius 2 is 2.00 bits per heavy atom. The third-order valence-electron chi connectivity index (χ3n) is 2.48. The molecule has 70 valence electrons. The summed E-state index contributed by atoms with van der Waals surface area (Å²) < 4.78 is 0. The first-order chi connectivity index (χ1) is 6.63. The standard InChI is InChI=1S/C12H12N2/c1-12(2,8-13)11-7-9-5-3-4-6-10(9)14-11/h3-7,14H,1-2H3. The van der Waals surface area contributed by atoms with Crippen LogP contribution in [0.3, 0.4) is 0 Å². The first-order valence-corrected chi connectivity index (χ1v) is 4.63. The number of para-hydroxylation sites is 1. The van der Waals surface area contributed by atoms with E-state index in [1.165, 1.54) is 0 Å². The van der Waals surface area contributed by atoms with Crippen molar-refractivity contribution in [2.45, 2.75) is 19.3 Å². The van der Waals surface area contributed by atoms with E-state index in [9.17, 15) is 0 Å². The summed E-state index contributed by atoms with van der Waals surface area (Å²) >= 11 is 0. The van der Waals surface area contributed by atoms with Crippen molar-refractivity contribution in [1.29, 1.82) is 5.26 Å². The fourth-order valence-electron chi connectivity index (χ4n) is 1.47. The Morgan fingerprint density at radius 3 is 2.64 bits per heavy atom. The van der Waals surface area contributed by atoms with Crippen molar-refractivity contribution in [2.24, 2.45) is 0 Å². The molecular weight excluding hydrogens is 172 g/mol. The van der Waals surface area contributed by atoms with Crippen LogP contribution in [0.1, 0.15) is 19.5 Å². The second kappa shape index (κ2) is 2.88. The van der Waals surface area contributed by atoms with Crippen LogP contribution in [0.15, 0.2) is 30.3 Å². The SMILES string of the molecule is CC(C)(C#N)c1cc2ccccc2[nH]1. The average molecular weight is 184 g/mol. The van der Waals surface area contributed by atoms with Crippen LogP contribution in [-0.2, 0) is 5.41 Å². The lowest BCUT2D eigenvalue weighted by Gasteiger charge is -2.11. The predicted molar refractivity (Wildman–Crippen MR) is 56.9 cm³/mol. The maximum atomic E-state index is 9.00. The molecule has 1 N–H and O–H groups in total. The van der Waals surface area contributed by atoms with Gasteiger partial charge in [0.1, 0.15) is 0 Å². The highest BCUT2D eigenvalue weighted by Gasteiger charge is 2.21. The molecule has 0 fully saturated rings. The Kier molecular flexibility index (Phi) is 1.82. The first kappa shape index (κ1) is 8.83. The van der Waals surface area contributed by atoms with Crippen LogP contribution in [0, 0.1) is 11.3 Å². The molecule has 1 aromatic carbocycles. The average Bonchev–Trinajstić information content (AvgIpc) is 2.61. The molecule has 0 radical (unpaired) electrons. The Hall–Kier alpha value is -1.75. The molecule has 0 unspecified atom stereocenters. The quantitative estimate of drug-likeness (QED) is 0.727. The molecule has 2 aromatic rings. The van der Waals surface area contributed by atoms with Crippen LogP contribution in [0.5, 0.6) is 0 Å². The van der Waals surface area contributed by atoms with Gasteiger partial charge in [0.25, 0.3) is 0 Å². The lowest BCUT2D eigenvalue weighted by Crippen LogP contribution is -2.13. The van der Waals surface area contributed by atoms with Gasteiger partial charge in [-0.05, 0) is 31.4 Å². The third kappa shape index (κ3) is 1.27. The van der Waals surface area contributed by atoms with Crippen molar-refractivity contribution in [1.82, 2.24) is 4.98 Å². The number of aromatic nitrogens is 1. The predicted octanol–water partition coefficient (Wildman–Crippen LogP) is 2.97. The zero-order valence-electron chi connectivity index (χ0n) is 8.33. The fourth-order valence-corrected chi connectivity index (χ4v) is 1.47. The summed E-state index contributed by atoms with van der Waals surface area (Å²) in [6.07, 6.45) is 0. The molecule has 0 amide bonds. The number of fused-ring (bicyclic) bond motifs is 1. The van der Waals surface area contributed by atoms with E-state index in [2.05, 4.69) is 11.1 Å². The number of hydrogen-bond acceptors (Lipinski definition) is 1. The summed E-state index contributed by atoms with van der Waals surface area (Å²) in [7, 11) is 0. The Morgan fingerprint density at radius 1 is 1.29 bits per heavy atom. The molecule has 2 nitrogen and oxygen atoms in total. The number of hydrogen-bond donors (Lipinski definition) is 1. The lowest BCUT2D eigenvalue weighted by molar-refractivity contribution is 0.667. The monoisotopic (exact) mass is 184 g/mol. The smallest absolute Gasteiger partial charge is 0.0915 e. The van der Waals surface area contributed by atoms with E-state index in [1.807, 2.05) is 44.2 Å². The Bertz CT molecular complexity index is 467. The zero-order valence-corrected chi connectivity index (χ0v) is 8.33. The van der Waals surface area contributed by atoms with E-state index in [4.69, 9.17) is 5.26 Å². The largest absolute Gasteiger partial charge is 0.357 e. The van der Waals surface area contributed by atoms with Crippen LogP contribution < -0.4 is 0 Å². The normalized spacial score (nSPS) is 11.5. The zero-order chi connectivity index (χ0) is 10.2. The van der Waals surface area contributed by atoms with Crippen LogP contribution >= 0.6 is 0 Å². The molecule has 1 aromatic heterocycles. The van der Waals surface area contributed by atoms with E-state index in [1.54, 1.807) is 0 Å².